The zero-order valence-electron chi connectivity index (χ0n) is 28.4. The fourth-order valence-electron chi connectivity index (χ4n) is 6.05. The highest BCUT2D eigenvalue weighted by atomic mass is 28.4. The third-order valence-electron chi connectivity index (χ3n) is 9.89. The Morgan fingerprint density at radius 3 is 2.25 bits per heavy atom. The number of benzene rings is 1. The van der Waals surface area contributed by atoms with E-state index in [2.05, 4.69) is 52.9 Å². The summed E-state index contributed by atoms with van der Waals surface area (Å²) in [4.78, 5) is 18.0. The van der Waals surface area contributed by atoms with E-state index >= 15 is 0 Å². The van der Waals surface area contributed by atoms with Crippen molar-refractivity contribution < 1.29 is 28.2 Å². The topological polar surface area (TPSA) is 75.6 Å². The predicted molar refractivity (Wildman–Crippen MR) is 178 cm³/mol. The Bertz CT molecular complexity index is 1120. The lowest BCUT2D eigenvalue weighted by atomic mass is 9.93. The van der Waals surface area contributed by atoms with E-state index in [1.807, 2.05) is 37.3 Å². The van der Waals surface area contributed by atoms with Crippen LogP contribution in [0.4, 0.5) is 0 Å². The normalized spacial score (nSPS) is 25.6. The first-order chi connectivity index (χ1) is 20.9. The Labute approximate surface area is 267 Å². The van der Waals surface area contributed by atoms with Crippen LogP contribution in [0.2, 0.25) is 18.1 Å². The lowest BCUT2D eigenvalue weighted by Gasteiger charge is -2.40. The van der Waals surface area contributed by atoms with Gasteiger partial charge in [0.25, 0.3) is 0 Å². The van der Waals surface area contributed by atoms with Crippen LogP contribution in [0.15, 0.2) is 47.5 Å². The van der Waals surface area contributed by atoms with Crippen LogP contribution in [0.1, 0.15) is 111 Å². The summed E-state index contributed by atoms with van der Waals surface area (Å²) < 4.78 is 31.5. The summed E-state index contributed by atoms with van der Waals surface area (Å²) >= 11 is 0. The second kappa shape index (κ2) is 15.1. The summed E-state index contributed by atoms with van der Waals surface area (Å²) in [6.45, 7) is 16.7. The third-order valence-corrected chi connectivity index (χ3v) is 14.4. The minimum Gasteiger partial charge on any atom is -0.467 e. The number of nitrogens with zero attached hydrogens (tertiary/aromatic N) is 1. The Kier molecular flexibility index (Phi) is 11.9. The number of unbranched alkanes of at least 4 members (excludes halogenated alkanes) is 7. The van der Waals surface area contributed by atoms with Gasteiger partial charge in [0.2, 0.25) is 5.90 Å². The van der Waals surface area contributed by atoms with E-state index in [0.717, 1.165) is 63.7 Å². The highest BCUT2D eigenvalue weighted by molar-refractivity contribution is 6.74. The van der Waals surface area contributed by atoms with Gasteiger partial charge in [0.15, 0.2) is 31.9 Å². The molecule has 44 heavy (non-hydrogen) atoms. The largest absolute Gasteiger partial charge is 0.467 e. The number of carbonyl (C=O) groups excluding carboxylic acids is 1. The summed E-state index contributed by atoms with van der Waals surface area (Å²) in [5, 5.41) is 0.00729. The summed E-state index contributed by atoms with van der Waals surface area (Å²) in [6.07, 6.45) is 15.2. The molecule has 0 bridgehead atoms. The van der Waals surface area contributed by atoms with Crippen molar-refractivity contribution in [2.75, 3.05) is 13.2 Å². The van der Waals surface area contributed by atoms with E-state index in [-0.39, 0.29) is 16.8 Å². The van der Waals surface area contributed by atoms with Crippen LogP contribution in [0, 0.1) is 0 Å². The summed E-state index contributed by atoms with van der Waals surface area (Å²) in [6, 6.07) is 9.75. The monoisotopic (exact) mass is 627 g/mol. The van der Waals surface area contributed by atoms with Gasteiger partial charge in [-0.05, 0) is 62.9 Å². The number of cyclic esters (lactones) is 1. The van der Waals surface area contributed by atoms with Crippen molar-refractivity contribution in [3.8, 4) is 0 Å². The van der Waals surface area contributed by atoms with Gasteiger partial charge in [0, 0.05) is 18.4 Å². The number of fused-ring (bicyclic) bond motifs is 1. The smallest absolute Gasteiger partial charge is 0.338 e. The first-order valence-electron chi connectivity index (χ1n) is 17.1. The van der Waals surface area contributed by atoms with Gasteiger partial charge in [0.05, 0.1) is 13.2 Å². The predicted octanol–water partition coefficient (Wildman–Crippen LogP) is 8.52. The van der Waals surface area contributed by atoms with Crippen molar-refractivity contribution in [2.45, 2.75) is 153 Å². The average molecular weight is 628 g/mol. The Hall–Kier alpha value is -2.00. The molecular formula is C36H57NO6Si. The molecule has 0 radical (unpaired) electrons. The van der Waals surface area contributed by atoms with E-state index in [0.29, 0.717) is 5.90 Å². The number of allylic oxidation sites excluding steroid dienone is 1. The first-order valence-corrected chi connectivity index (χ1v) is 20.0. The van der Waals surface area contributed by atoms with Gasteiger partial charge in [-0.1, -0.05) is 90.2 Å². The van der Waals surface area contributed by atoms with Crippen molar-refractivity contribution in [1.82, 2.24) is 0 Å². The van der Waals surface area contributed by atoms with Crippen LogP contribution in [0.25, 0.3) is 0 Å². The summed E-state index contributed by atoms with van der Waals surface area (Å²) in [7, 11) is -2.19. The fourth-order valence-corrected chi connectivity index (χ4v) is 7.29. The third kappa shape index (κ3) is 8.42. The maximum atomic E-state index is 13.2. The van der Waals surface area contributed by atoms with Crippen molar-refractivity contribution in [3.05, 3.63) is 48.0 Å². The Morgan fingerprint density at radius 1 is 0.977 bits per heavy atom. The molecule has 4 atom stereocenters. The Morgan fingerprint density at radius 2 is 1.61 bits per heavy atom. The van der Waals surface area contributed by atoms with Crippen LogP contribution < -0.4 is 0 Å². The lowest BCUT2D eigenvalue weighted by molar-refractivity contribution is -0.168. The van der Waals surface area contributed by atoms with Gasteiger partial charge in [-0.15, -0.1) is 0 Å². The molecule has 0 saturated carbocycles. The molecule has 3 heterocycles. The van der Waals surface area contributed by atoms with Crippen LogP contribution in [-0.4, -0.2) is 63.0 Å². The molecule has 246 valence electrons. The van der Waals surface area contributed by atoms with Gasteiger partial charge in [-0.2, -0.15) is 0 Å². The van der Waals surface area contributed by atoms with Crippen LogP contribution in [-0.2, 0) is 28.2 Å². The van der Waals surface area contributed by atoms with Gasteiger partial charge in [-0.3, -0.25) is 0 Å². The maximum Gasteiger partial charge on any atom is 0.338 e. The minimum absolute atomic E-state index is 0.00729. The molecule has 1 aromatic carbocycles. The molecule has 0 amide bonds. The highest BCUT2D eigenvalue weighted by Gasteiger charge is 2.62. The summed E-state index contributed by atoms with van der Waals surface area (Å²) in [5.41, 5.74) is -0.223. The molecule has 0 aromatic heterocycles. The number of hydrogen-bond donors (Lipinski definition) is 0. The van der Waals surface area contributed by atoms with Gasteiger partial charge in [-0.25, -0.2) is 9.79 Å². The lowest BCUT2D eigenvalue weighted by Crippen LogP contribution is -2.50. The van der Waals surface area contributed by atoms with Crippen LogP contribution in [0.3, 0.4) is 0 Å². The molecule has 2 fully saturated rings. The van der Waals surface area contributed by atoms with Gasteiger partial charge in [0.1, 0.15) is 6.10 Å². The summed E-state index contributed by atoms with van der Waals surface area (Å²) in [5.74, 6) is -0.207. The zero-order valence-corrected chi connectivity index (χ0v) is 29.4. The molecule has 0 unspecified atom stereocenters. The molecule has 3 aliphatic rings. The quantitative estimate of drug-likeness (QED) is 0.0746. The molecule has 7 nitrogen and oxygen atoms in total. The molecule has 3 aliphatic heterocycles. The maximum absolute atomic E-state index is 13.2. The number of carbonyl (C=O) groups is 1. The van der Waals surface area contributed by atoms with E-state index < -0.39 is 32.2 Å². The van der Waals surface area contributed by atoms with Crippen LogP contribution in [0.5, 0.6) is 0 Å². The molecule has 2 saturated heterocycles. The molecule has 8 heteroatoms. The molecule has 0 N–H and O–H groups in total. The van der Waals surface area contributed by atoms with E-state index in [1.54, 1.807) is 0 Å². The molecular weight excluding hydrogens is 570 g/mol. The number of esters is 1. The van der Waals surface area contributed by atoms with Crippen molar-refractivity contribution in [3.63, 3.8) is 0 Å². The van der Waals surface area contributed by atoms with Gasteiger partial charge < -0.3 is 23.4 Å². The van der Waals surface area contributed by atoms with E-state index in [9.17, 15) is 4.79 Å². The van der Waals surface area contributed by atoms with E-state index in [4.69, 9.17) is 28.4 Å². The molecule has 1 aromatic rings. The second-order valence-corrected chi connectivity index (χ2v) is 19.2. The van der Waals surface area contributed by atoms with Crippen molar-refractivity contribution in [1.29, 1.82) is 0 Å². The highest BCUT2D eigenvalue weighted by Crippen LogP contribution is 2.43. The standard InChI is InChI=1S/C36H57NO6Si/c1-8-9-10-19-24-36(39-26-27-40-36)25-20-14-12-11-13-18-23-29(43-44(6,7)34(2,3)4)30-31-35(5,33(38)41-30)37-32(42-31)28-21-16-15-17-22-28/h15-18,21-23,29-31H,8-14,19-20,24-27H2,1-7H3/b23-18+/t29-,30+,31-,35-/m0/s1. The van der Waals surface area contributed by atoms with Gasteiger partial charge >= 0.3 is 5.97 Å². The molecule has 4 rings (SSSR count). The van der Waals surface area contributed by atoms with Crippen molar-refractivity contribution >= 4 is 20.2 Å². The Balaban J connectivity index is 1.33. The van der Waals surface area contributed by atoms with E-state index in [1.165, 1.54) is 25.7 Å². The average Bonchev–Trinajstić information content (AvgIpc) is 3.65. The first kappa shape index (κ1) is 34.9. The van der Waals surface area contributed by atoms with Crippen LogP contribution >= 0.6 is 0 Å². The molecule has 0 aliphatic carbocycles. The number of rotatable bonds is 17. The molecule has 0 spiro atoms. The zero-order chi connectivity index (χ0) is 31.8. The number of hydrogen-bond acceptors (Lipinski definition) is 7. The SMILES string of the molecule is CCCCCCC1(CCCCCC/C=C/[C@H](O[Si](C)(C)C(C)(C)C)[C@H]2OC(=O)[C@@]3(C)N=C(c4ccccc4)O[C@@H]23)OCCO1. The number of aliphatic imine (C=N–C) groups is 1. The number of ether oxygens (including phenoxy) is 4. The fraction of sp³-hybridized carbons (Fsp3) is 0.722. The minimum atomic E-state index is -2.19. The second-order valence-electron chi connectivity index (χ2n) is 14.5. The van der Waals surface area contributed by atoms with Crippen molar-refractivity contribution in [2.24, 2.45) is 4.99 Å².